The first kappa shape index (κ1) is 13.4. The molecule has 3 nitrogen and oxygen atoms in total. The second kappa shape index (κ2) is 6.76. The van der Waals surface area contributed by atoms with Crippen molar-refractivity contribution in [1.82, 2.24) is 4.90 Å². The molecule has 1 aliphatic heterocycles. The normalized spacial score (nSPS) is 17.9. The van der Waals surface area contributed by atoms with Gasteiger partial charge in [-0.2, -0.15) is 0 Å². The smallest absolute Gasteiger partial charge is 0.119 e. The number of rotatable bonds is 6. The predicted molar refractivity (Wildman–Crippen MR) is 74.8 cm³/mol. The van der Waals surface area contributed by atoms with E-state index in [-0.39, 0.29) is 0 Å². The van der Waals surface area contributed by atoms with Crippen molar-refractivity contribution in [3.8, 4) is 5.75 Å². The molecule has 1 aromatic carbocycles. The van der Waals surface area contributed by atoms with E-state index in [1.165, 1.54) is 31.5 Å². The summed E-state index contributed by atoms with van der Waals surface area (Å²) in [6.07, 6.45) is 3.63. The number of likely N-dealkylation sites (tertiary alicyclic amines) is 1. The fourth-order valence-corrected chi connectivity index (χ4v) is 2.58. The third-order valence-corrected chi connectivity index (χ3v) is 3.52. The Kier molecular flexibility index (Phi) is 5.02. The lowest BCUT2D eigenvalue weighted by molar-refractivity contribution is 0.250. The second-order valence-corrected chi connectivity index (χ2v) is 4.92. The Balaban J connectivity index is 2.09. The zero-order valence-electron chi connectivity index (χ0n) is 11.3. The Labute approximate surface area is 110 Å². The van der Waals surface area contributed by atoms with Gasteiger partial charge in [-0.25, -0.2) is 0 Å². The number of hydrogen-bond acceptors (Lipinski definition) is 3. The number of benzene rings is 1. The van der Waals surface area contributed by atoms with Gasteiger partial charge in [-0.3, -0.25) is 4.90 Å². The summed E-state index contributed by atoms with van der Waals surface area (Å²) in [4.78, 5) is 2.49. The van der Waals surface area contributed by atoms with Gasteiger partial charge in [0, 0.05) is 12.6 Å². The quantitative estimate of drug-likeness (QED) is 0.841. The highest BCUT2D eigenvalue weighted by Gasteiger charge is 2.22. The van der Waals surface area contributed by atoms with Crippen LogP contribution in [0.4, 0.5) is 0 Å². The summed E-state index contributed by atoms with van der Waals surface area (Å²) in [5.41, 5.74) is 7.24. The lowest BCUT2D eigenvalue weighted by atomic mass is 10.1. The molecule has 2 rings (SSSR count). The second-order valence-electron chi connectivity index (χ2n) is 4.92. The fourth-order valence-electron chi connectivity index (χ4n) is 2.58. The Morgan fingerprint density at radius 3 is 2.78 bits per heavy atom. The number of hydrogen-bond donors (Lipinski definition) is 1. The van der Waals surface area contributed by atoms with Gasteiger partial charge in [0.2, 0.25) is 0 Å². The molecule has 0 radical (unpaired) electrons. The molecular formula is C15H24N2O. The van der Waals surface area contributed by atoms with E-state index in [9.17, 15) is 0 Å². The third-order valence-electron chi connectivity index (χ3n) is 3.52. The largest absolute Gasteiger partial charge is 0.494 e. The van der Waals surface area contributed by atoms with Crippen LogP contribution in [0.3, 0.4) is 0 Å². The van der Waals surface area contributed by atoms with E-state index in [2.05, 4.69) is 30.0 Å². The first-order valence-corrected chi connectivity index (χ1v) is 7.02. The molecule has 3 heteroatoms. The molecule has 1 heterocycles. The summed E-state index contributed by atoms with van der Waals surface area (Å²) in [6.45, 7) is 5.91. The van der Waals surface area contributed by atoms with Crippen molar-refractivity contribution in [3.63, 3.8) is 0 Å². The Hall–Kier alpha value is -1.06. The third kappa shape index (κ3) is 3.24. The molecule has 18 heavy (non-hydrogen) atoms. The summed E-state index contributed by atoms with van der Waals surface area (Å²) in [7, 11) is 0. The highest BCUT2D eigenvalue weighted by molar-refractivity contribution is 5.31. The molecule has 1 unspecified atom stereocenters. The van der Waals surface area contributed by atoms with Gasteiger partial charge in [-0.05, 0) is 50.0 Å². The van der Waals surface area contributed by atoms with Crippen LogP contribution in [0.1, 0.15) is 37.8 Å². The van der Waals surface area contributed by atoms with E-state index in [1.807, 2.05) is 6.07 Å². The van der Waals surface area contributed by atoms with Crippen LogP contribution < -0.4 is 10.5 Å². The van der Waals surface area contributed by atoms with Gasteiger partial charge < -0.3 is 10.5 Å². The minimum absolute atomic E-state index is 0.345. The molecule has 0 aliphatic carbocycles. The van der Waals surface area contributed by atoms with Crippen LogP contribution in [-0.2, 0) is 0 Å². The molecule has 0 saturated carbocycles. The average Bonchev–Trinajstić information content (AvgIpc) is 2.92. The van der Waals surface area contributed by atoms with Gasteiger partial charge in [0.05, 0.1) is 6.61 Å². The molecule has 0 aromatic heterocycles. The van der Waals surface area contributed by atoms with Crippen LogP contribution in [0.2, 0.25) is 0 Å². The highest BCUT2D eigenvalue weighted by atomic mass is 16.5. The first-order valence-electron chi connectivity index (χ1n) is 7.02. The molecule has 1 aromatic rings. The predicted octanol–water partition coefficient (Wildman–Crippen LogP) is 2.57. The van der Waals surface area contributed by atoms with E-state index in [1.54, 1.807) is 0 Å². The monoisotopic (exact) mass is 248 g/mol. The summed E-state index contributed by atoms with van der Waals surface area (Å²) < 4.78 is 5.69. The Morgan fingerprint density at radius 2 is 2.11 bits per heavy atom. The van der Waals surface area contributed by atoms with Crippen molar-refractivity contribution in [2.24, 2.45) is 5.73 Å². The summed E-state index contributed by atoms with van der Waals surface area (Å²) >= 11 is 0. The van der Waals surface area contributed by atoms with Gasteiger partial charge in [0.1, 0.15) is 5.75 Å². The van der Waals surface area contributed by atoms with Crippen molar-refractivity contribution < 1.29 is 4.74 Å². The molecular weight excluding hydrogens is 224 g/mol. The average molecular weight is 248 g/mol. The lowest BCUT2D eigenvalue weighted by Gasteiger charge is -2.26. The minimum Gasteiger partial charge on any atom is -0.494 e. The van der Waals surface area contributed by atoms with Crippen LogP contribution in [0.5, 0.6) is 5.75 Å². The standard InChI is InChI=1S/C15H24N2O/c1-2-10-18-14-7-5-6-13(11-14)15(12-16)17-8-3-4-9-17/h5-7,11,15H,2-4,8-10,12,16H2,1H3. The molecule has 0 amide bonds. The van der Waals surface area contributed by atoms with Gasteiger partial charge in [0.15, 0.2) is 0 Å². The zero-order valence-corrected chi connectivity index (χ0v) is 11.3. The Morgan fingerprint density at radius 1 is 1.33 bits per heavy atom. The van der Waals surface area contributed by atoms with E-state index < -0.39 is 0 Å². The molecule has 0 spiro atoms. The van der Waals surface area contributed by atoms with Crippen molar-refractivity contribution in [2.45, 2.75) is 32.2 Å². The van der Waals surface area contributed by atoms with Gasteiger partial charge in [-0.1, -0.05) is 19.1 Å². The summed E-state index contributed by atoms with van der Waals surface area (Å²) in [6, 6.07) is 8.74. The van der Waals surface area contributed by atoms with Crippen LogP contribution in [-0.4, -0.2) is 31.1 Å². The minimum atomic E-state index is 0.345. The summed E-state index contributed by atoms with van der Waals surface area (Å²) in [5.74, 6) is 0.965. The van der Waals surface area contributed by atoms with Gasteiger partial charge >= 0.3 is 0 Å². The Bertz CT molecular complexity index is 361. The van der Waals surface area contributed by atoms with Gasteiger partial charge in [0.25, 0.3) is 0 Å². The lowest BCUT2D eigenvalue weighted by Crippen LogP contribution is -2.31. The number of ether oxygens (including phenoxy) is 1. The van der Waals surface area contributed by atoms with Crippen molar-refractivity contribution in [3.05, 3.63) is 29.8 Å². The van der Waals surface area contributed by atoms with Crippen LogP contribution >= 0.6 is 0 Å². The van der Waals surface area contributed by atoms with Crippen molar-refractivity contribution in [2.75, 3.05) is 26.2 Å². The number of nitrogens with two attached hydrogens (primary N) is 1. The molecule has 100 valence electrons. The molecule has 1 saturated heterocycles. The topological polar surface area (TPSA) is 38.5 Å². The number of nitrogens with zero attached hydrogens (tertiary/aromatic N) is 1. The zero-order chi connectivity index (χ0) is 12.8. The fraction of sp³-hybridized carbons (Fsp3) is 0.600. The molecule has 0 bridgehead atoms. The van der Waals surface area contributed by atoms with Crippen LogP contribution in [0.25, 0.3) is 0 Å². The molecule has 1 atom stereocenters. The molecule has 2 N–H and O–H groups in total. The van der Waals surface area contributed by atoms with Crippen molar-refractivity contribution in [1.29, 1.82) is 0 Å². The van der Waals surface area contributed by atoms with E-state index in [4.69, 9.17) is 10.5 Å². The van der Waals surface area contributed by atoms with Crippen LogP contribution in [0, 0.1) is 0 Å². The van der Waals surface area contributed by atoms with E-state index in [0.717, 1.165) is 18.8 Å². The van der Waals surface area contributed by atoms with E-state index in [0.29, 0.717) is 12.6 Å². The molecule has 1 fully saturated rings. The van der Waals surface area contributed by atoms with Gasteiger partial charge in [-0.15, -0.1) is 0 Å². The summed E-state index contributed by atoms with van der Waals surface area (Å²) in [5, 5.41) is 0. The maximum atomic E-state index is 5.95. The molecule has 1 aliphatic rings. The maximum Gasteiger partial charge on any atom is 0.119 e. The maximum absolute atomic E-state index is 5.95. The van der Waals surface area contributed by atoms with E-state index >= 15 is 0 Å². The highest BCUT2D eigenvalue weighted by Crippen LogP contribution is 2.26. The van der Waals surface area contributed by atoms with Crippen LogP contribution in [0.15, 0.2) is 24.3 Å². The first-order chi connectivity index (χ1) is 8.85. The van der Waals surface area contributed by atoms with Crippen molar-refractivity contribution >= 4 is 0 Å². The SMILES string of the molecule is CCCOc1cccc(C(CN)N2CCCC2)c1.